The van der Waals surface area contributed by atoms with Crippen LogP contribution in [0, 0.1) is 0 Å². The highest BCUT2D eigenvalue weighted by Crippen LogP contribution is 2.17. The maximum absolute atomic E-state index is 12.7. The van der Waals surface area contributed by atoms with E-state index in [0.29, 0.717) is 12.5 Å². The zero-order valence-electron chi connectivity index (χ0n) is 11.4. The summed E-state index contributed by atoms with van der Waals surface area (Å²) in [5.41, 5.74) is 0. The van der Waals surface area contributed by atoms with Crippen LogP contribution in [0.25, 0.3) is 0 Å². The van der Waals surface area contributed by atoms with Crippen LogP contribution in [0.1, 0.15) is 6.42 Å². The first-order chi connectivity index (χ1) is 9.55. The average molecular weight is 323 g/mol. The fraction of sp³-hybridized carbons (Fsp3) is 0.385. The molecule has 0 spiro atoms. The van der Waals surface area contributed by atoms with Crippen molar-refractivity contribution in [2.75, 3.05) is 20.8 Å². The molecule has 1 aromatic carbocycles. The summed E-state index contributed by atoms with van der Waals surface area (Å²) in [6, 6.07) is 8.72. The van der Waals surface area contributed by atoms with Crippen LogP contribution in [0.15, 0.2) is 41.6 Å². The molecule has 0 bridgehead atoms. The summed E-state index contributed by atoms with van der Waals surface area (Å²) in [4.78, 5) is 0. The fourth-order valence-corrected chi connectivity index (χ4v) is 4.58. The maximum atomic E-state index is 12.7. The molecule has 0 N–H and O–H groups in total. The summed E-state index contributed by atoms with van der Waals surface area (Å²) < 4.78 is 40.7. The van der Waals surface area contributed by atoms with Crippen LogP contribution in [0.5, 0.6) is 0 Å². The highest BCUT2D eigenvalue weighted by Gasteiger charge is 2.37. The molecule has 0 aliphatic heterocycles. The lowest BCUT2D eigenvalue weighted by molar-refractivity contribution is 0.135. The minimum atomic E-state index is -2.56. The number of rotatable bonds is 8. The van der Waals surface area contributed by atoms with E-state index in [9.17, 15) is 8.78 Å². The van der Waals surface area contributed by atoms with E-state index in [2.05, 4.69) is 4.74 Å². The number of benzene rings is 1. The maximum Gasteiger partial charge on any atom is 0.372 e. The highest BCUT2D eigenvalue weighted by atomic mass is 35.5. The Hall–Kier alpha value is -0.953. The Kier molecular flexibility index (Phi) is 7.15. The molecule has 0 unspecified atom stereocenters. The lowest BCUT2D eigenvalue weighted by atomic mass is 10.4. The van der Waals surface area contributed by atoms with Crippen LogP contribution in [-0.4, -0.2) is 29.4 Å². The van der Waals surface area contributed by atoms with Crippen LogP contribution in [-0.2, 0) is 13.6 Å². The summed E-state index contributed by atoms with van der Waals surface area (Å²) in [6.45, 7) is 0.000275. The lowest BCUT2D eigenvalue weighted by Crippen LogP contribution is -2.52. The Bertz CT molecular complexity index is 435. The molecule has 0 atom stereocenters. The third-order valence-electron chi connectivity index (χ3n) is 2.90. The van der Waals surface area contributed by atoms with Gasteiger partial charge in [-0.1, -0.05) is 30.3 Å². The van der Waals surface area contributed by atoms with E-state index in [1.54, 1.807) is 14.2 Å². The predicted molar refractivity (Wildman–Crippen MR) is 76.3 cm³/mol. The van der Waals surface area contributed by atoms with Crippen molar-refractivity contribution in [3.8, 4) is 0 Å². The Morgan fingerprint density at radius 1 is 1.15 bits per heavy atom. The lowest BCUT2D eigenvalue weighted by Gasteiger charge is -2.27. The fourth-order valence-electron chi connectivity index (χ4n) is 1.88. The van der Waals surface area contributed by atoms with E-state index in [-0.39, 0.29) is 6.61 Å². The van der Waals surface area contributed by atoms with E-state index >= 15 is 0 Å². The van der Waals surface area contributed by atoms with Gasteiger partial charge in [-0.25, -0.2) is 0 Å². The zero-order valence-corrected chi connectivity index (χ0v) is 13.1. The molecule has 20 heavy (non-hydrogen) atoms. The van der Waals surface area contributed by atoms with Crippen LogP contribution in [0.4, 0.5) is 8.78 Å². The Morgan fingerprint density at radius 2 is 1.75 bits per heavy atom. The smallest absolute Gasteiger partial charge is 0.372 e. The molecule has 0 heterocycles. The highest BCUT2D eigenvalue weighted by molar-refractivity contribution is 6.81. The Labute approximate surface area is 123 Å². The van der Waals surface area contributed by atoms with E-state index < -0.39 is 19.9 Å². The normalized spacial score (nSPS) is 13.1. The van der Waals surface area contributed by atoms with Gasteiger partial charge in [0.15, 0.2) is 0 Å². The molecule has 0 aliphatic carbocycles. The molecule has 0 radical (unpaired) electrons. The van der Waals surface area contributed by atoms with Gasteiger partial charge in [-0.2, -0.15) is 8.78 Å². The summed E-state index contributed by atoms with van der Waals surface area (Å²) >= 11 is 4.82. The minimum absolute atomic E-state index is 0.000275. The van der Waals surface area contributed by atoms with Gasteiger partial charge in [0.25, 0.3) is 5.29 Å². The van der Waals surface area contributed by atoms with E-state index in [1.165, 1.54) is 0 Å². The molecule has 0 aromatic heterocycles. The molecule has 112 valence electrons. The first-order valence-electron chi connectivity index (χ1n) is 6.05. The molecule has 0 amide bonds. The van der Waals surface area contributed by atoms with Crippen molar-refractivity contribution in [2.45, 2.75) is 12.5 Å². The van der Waals surface area contributed by atoms with Gasteiger partial charge in [0.1, 0.15) is 0 Å². The first-order valence-corrected chi connectivity index (χ1v) is 8.45. The molecule has 0 saturated heterocycles. The number of hydrogen-bond acceptors (Lipinski definition) is 3. The molecular weight excluding hydrogens is 306 g/mol. The molecule has 0 saturated carbocycles. The van der Waals surface area contributed by atoms with Gasteiger partial charge in [0.05, 0.1) is 6.61 Å². The number of halogens is 3. The van der Waals surface area contributed by atoms with Crippen LogP contribution in [0.3, 0.4) is 0 Å². The second-order valence-corrected chi connectivity index (χ2v) is 7.74. The molecule has 3 nitrogen and oxygen atoms in total. The standard InChI is InChI=1S/C13H17ClF2O3Si/c1-17-20(18-2,11-7-4-3-5-8-11)10-6-9-19-13(16)12(14)15/h3-5,7-8H,6,9-10H2,1-2H3. The van der Waals surface area contributed by atoms with Gasteiger partial charge in [-0.3, -0.25) is 0 Å². The van der Waals surface area contributed by atoms with Crippen molar-refractivity contribution >= 4 is 25.3 Å². The number of hydrogen-bond donors (Lipinski definition) is 0. The van der Waals surface area contributed by atoms with Gasteiger partial charge in [-0.15, -0.1) is 0 Å². The molecule has 1 rings (SSSR count). The largest absolute Gasteiger partial charge is 0.468 e. The van der Waals surface area contributed by atoms with Crippen LogP contribution < -0.4 is 5.19 Å². The van der Waals surface area contributed by atoms with Crippen molar-refractivity contribution in [1.82, 2.24) is 0 Å². The summed E-state index contributed by atoms with van der Waals surface area (Å²) in [5.74, 6) is 0. The van der Waals surface area contributed by atoms with Crippen LogP contribution in [0.2, 0.25) is 6.04 Å². The minimum Gasteiger partial charge on any atom is -0.468 e. The van der Waals surface area contributed by atoms with Crippen LogP contribution >= 0.6 is 11.6 Å². The quantitative estimate of drug-likeness (QED) is 0.417. The second kappa shape index (κ2) is 8.36. The molecular formula is C13H17ClF2O3Si. The van der Waals surface area contributed by atoms with Gasteiger partial charge in [-0.05, 0) is 29.3 Å². The monoisotopic (exact) mass is 322 g/mol. The Balaban J connectivity index is 2.63. The molecule has 0 fully saturated rings. The number of ether oxygens (including phenoxy) is 1. The third-order valence-corrected chi connectivity index (χ3v) is 6.59. The van der Waals surface area contributed by atoms with Gasteiger partial charge in [0, 0.05) is 14.2 Å². The summed E-state index contributed by atoms with van der Waals surface area (Å²) in [7, 11) is 0.608. The third kappa shape index (κ3) is 4.55. The van der Waals surface area contributed by atoms with Crippen molar-refractivity contribution in [3.63, 3.8) is 0 Å². The Morgan fingerprint density at radius 3 is 2.25 bits per heavy atom. The summed E-state index contributed by atoms with van der Waals surface area (Å²) in [6.07, 6.45) is 0.459. The van der Waals surface area contributed by atoms with Crippen molar-refractivity contribution < 1.29 is 22.4 Å². The SMILES string of the molecule is CO[Si](CCCOC(F)=C(F)Cl)(OC)c1ccccc1. The van der Waals surface area contributed by atoms with Gasteiger partial charge >= 0.3 is 14.6 Å². The van der Waals surface area contributed by atoms with Gasteiger partial charge in [0.2, 0.25) is 0 Å². The van der Waals surface area contributed by atoms with E-state index in [0.717, 1.165) is 5.19 Å². The van der Waals surface area contributed by atoms with Crippen molar-refractivity contribution in [1.29, 1.82) is 0 Å². The molecule has 1 aromatic rings. The molecule has 7 heteroatoms. The van der Waals surface area contributed by atoms with Crippen molar-refractivity contribution in [2.24, 2.45) is 0 Å². The zero-order chi connectivity index (χ0) is 15.0. The van der Waals surface area contributed by atoms with E-state index in [1.807, 2.05) is 30.3 Å². The topological polar surface area (TPSA) is 27.7 Å². The van der Waals surface area contributed by atoms with E-state index in [4.69, 9.17) is 20.5 Å². The average Bonchev–Trinajstić information content (AvgIpc) is 2.48. The molecule has 0 aliphatic rings. The van der Waals surface area contributed by atoms with Crippen molar-refractivity contribution in [3.05, 3.63) is 41.6 Å². The first kappa shape index (κ1) is 17.1. The van der Waals surface area contributed by atoms with Gasteiger partial charge < -0.3 is 13.6 Å². The second-order valence-electron chi connectivity index (χ2n) is 4.01. The predicted octanol–water partition coefficient (Wildman–Crippen LogP) is 3.34. The summed E-state index contributed by atoms with van der Waals surface area (Å²) in [5, 5.41) is -0.500.